The molecule has 0 radical (unpaired) electrons. The van der Waals surface area contributed by atoms with Gasteiger partial charge in [-0.15, -0.1) is 0 Å². The highest BCUT2D eigenvalue weighted by molar-refractivity contribution is 5.84. The number of rotatable bonds is 6. The Morgan fingerprint density at radius 1 is 1.29 bits per heavy atom. The van der Waals surface area contributed by atoms with E-state index in [1.165, 1.54) is 12.1 Å². The molecule has 0 aromatic heterocycles. The highest BCUT2D eigenvalue weighted by Crippen LogP contribution is 2.23. The number of carbonyl (C=O) groups is 1. The molecule has 0 saturated heterocycles. The molecule has 5 heteroatoms. The molecule has 2 aromatic carbocycles. The second kappa shape index (κ2) is 6.85. The lowest BCUT2D eigenvalue weighted by molar-refractivity contribution is -0.118. The first-order chi connectivity index (χ1) is 10.1. The van der Waals surface area contributed by atoms with Gasteiger partial charge in [0.15, 0.2) is 0 Å². The van der Waals surface area contributed by atoms with Crippen LogP contribution in [-0.2, 0) is 16.1 Å². The van der Waals surface area contributed by atoms with E-state index >= 15 is 0 Å². The zero-order valence-corrected chi connectivity index (χ0v) is 11.7. The summed E-state index contributed by atoms with van der Waals surface area (Å²) in [6.07, 6.45) is 0. The van der Waals surface area contributed by atoms with E-state index in [4.69, 9.17) is 10.5 Å². The van der Waals surface area contributed by atoms with Crippen LogP contribution in [0, 0.1) is 5.82 Å². The lowest BCUT2D eigenvalue weighted by Gasteiger charge is -2.20. The van der Waals surface area contributed by atoms with Crippen LogP contribution < -0.4 is 11.1 Å². The molecule has 2 rings (SSSR count). The molecule has 1 atom stereocenters. The minimum atomic E-state index is -0.752. The fourth-order valence-electron chi connectivity index (χ4n) is 2.15. The summed E-state index contributed by atoms with van der Waals surface area (Å²) in [6.45, 7) is 0.366. The number of hydrogen-bond donors (Lipinski definition) is 2. The molecule has 3 N–H and O–H groups in total. The Morgan fingerprint density at radius 2 is 2.05 bits per heavy atom. The maximum Gasteiger partial charge on any atom is 0.244 e. The van der Waals surface area contributed by atoms with Crippen LogP contribution in [-0.4, -0.2) is 13.0 Å². The maximum atomic E-state index is 13.2. The van der Waals surface area contributed by atoms with Gasteiger partial charge in [-0.25, -0.2) is 4.39 Å². The molecule has 0 aliphatic carbocycles. The average molecular weight is 288 g/mol. The molecule has 0 bridgehead atoms. The molecule has 0 spiro atoms. The van der Waals surface area contributed by atoms with Crippen LogP contribution in [0.2, 0.25) is 0 Å². The van der Waals surface area contributed by atoms with Crippen molar-refractivity contribution >= 4 is 11.6 Å². The minimum Gasteiger partial charge on any atom is -0.380 e. The van der Waals surface area contributed by atoms with Crippen molar-refractivity contribution in [3.8, 4) is 0 Å². The predicted molar refractivity (Wildman–Crippen MR) is 79.1 cm³/mol. The van der Waals surface area contributed by atoms with Crippen LogP contribution in [0.3, 0.4) is 0 Å². The maximum absolute atomic E-state index is 13.2. The third-order valence-corrected chi connectivity index (χ3v) is 3.09. The molecule has 0 aliphatic rings. The van der Waals surface area contributed by atoms with Gasteiger partial charge in [0, 0.05) is 12.8 Å². The molecule has 110 valence electrons. The number of amides is 1. The van der Waals surface area contributed by atoms with E-state index < -0.39 is 11.9 Å². The van der Waals surface area contributed by atoms with Gasteiger partial charge >= 0.3 is 0 Å². The number of anilines is 1. The molecular weight excluding hydrogens is 271 g/mol. The number of nitrogens with one attached hydrogen (secondary N) is 1. The van der Waals surface area contributed by atoms with Crippen molar-refractivity contribution in [3.05, 3.63) is 65.5 Å². The van der Waals surface area contributed by atoms with E-state index in [9.17, 15) is 9.18 Å². The van der Waals surface area contributed by atoms with Gasteiger partial charge in [-0.3, -0.25) is 4.79 Å². The molecule has 1 unspecified atom stereocenters. The van der Waals surface area contributed by atoms with Gasteiger partial charge in [-0.2, -0.15) is 0 Å². The third kappa shape index (κ3) is 3.79. The first-order valence-electron chi connectivity index (χ1n) is 6.50. The summed E-state index contributed by atoms with van der Waals surface area (Å²) >= 11 is 0. The second-order valence-corrected chi connectivity index (χ2v) is 4.62. The van der Waals surface area contributed by atoms with E-state index in [0.29, 0.717) is 12.3 Å². The molecule has 21 heavy (non-hydrogen) atoms. The third-order valence-electron chi connectivity index (χ3n) is 3.09. The summed E-state index contributed by atoms with van der Waals surface area (Å²) < 4.78 is 18.4. The van der Waals surface area contributed by atoms with Crippen LogP contribution in [0.15, 0.2) is 48.5 Å². The van der Waals surface area contributed by atoms with E-state index in [1.807, 2.05) is 18.2 Å². The van der Waals surface area contributed by atoms with Crippen LogP contribution >= 0.6 is 0 Å². The molecule has 0 aliphatic heterocycles. The quantitative estimate of drug-likeness (QED) is 0.858. The first-order valence-corrected chi connectivity index (χ1v) is 6.50. The van der Waals surface area contributed by atoms with Crippen molar-refractivity contribution in [2.45, 2.75) is 12.6 Å². The van der Waals surface area contributed by atoms with Gasteiger partial charge in [0.05, 0.1) is 6.61 Å². The SMILES string of the molecule is COCc1ccccc1C(Nc1cccc(F)c1)C(N)=O. The fraction of sp³-hybridized carbons (Fsp3) is 0.188. The van der Waals surface area contributed by atoms with Crippen molar-refractivity contribution in [2.24, 2.45) is 5.73 Å². The van der Waals surface area contributed by atoms with Gasteiger partial charge in [0.2, 0.25) is 5.91 Å². The van der Waals surface area contributed by atoms with Crippen LogP contribution in [0.4, 0.5) is 10.1 Å². The number of halogens is 1. The smallest absolute Gasteiger partial charge is 0.244 e. The number of ether oxygens (including phenoxy) is 1. The number of benzene rings is 2. The van der Waals surface area contributed by atoms with Crippen LogP contribution in [0.25, 0.3) is 0 Å². The minimum absolute atomic E-state index is 0.366. The Balaban J connectivity index is 2.33. The molecule has 0 saturated carbocycles. The summed E-state index contributed by atoms with van der Waals surface area (Å²) in [7, 11) is 1.58. The highest BCUT2D eigenvalue weighted by atomic mass is 19.1. The fourth-order valence-corrected chi connectivity index (χ4v) is 2.15. The summed E-state index contributed by atoms with van der Waals surface area (Å²) in [5, 5.41) is 2.96. The number of hydrogen-bond acceptors (Lipinski definition) is 3. The summed E-state index contributed by atoms with van der Waals surface area (Å²) in [5.74, 6) is -0.920. The first kappa shape index (κ1) is 15.0. The Labute approximate surface area is 122 Å². The van der Waals surface area contributed by atoms with Crippen LogP contribution in [0.5, 0.6) is 0 Å². The van der Waals surface area contributed by atoms with Crippen molar-refractivity contribution in [1.82, 2.24) is 0 Å². The summed E-state index contributed by atoms with van der Waals surface area (Å²) in [6, 6.07) is 12.5. The lowest BCUT2D eigenvalue weighted by atomic mass is 10.00. The Hall–Kier alpha value is -2.40. The zero-order chi connectivity index (χ0) is 15.2. The normalized spacial score (nSPS) is 11.9. The number of nitrogens with two attached hydrogens (primary N) is 1. The van der Waals surface area contributed by atoms with Gasteiger partial charge in [-0.1, -0.05) is 30.3 Å². The van der Waals surface area contributed by atoms with E-state index in [-0.39, 0.29) is 5.82 Å². The van der Waals surface area contributed by atoms with Gasteiger partial charge in [0.25, 0.3) is 0 Å². The Bertz CT molecular complexity index is 631. The monoisotopic (exact) mass is 288 g/mol. The van der Waals surface area contributed by atoms with Crippen molar-refractivity contribution < 1.29 is 13.9 Å². The largest absolute Gasteiger partial charge is 0.380 e. The van der Waals surface area contributed by atoms with Crippen molar-refractivity contribution in [2.75, 3.05) is 12.4 Å². The van der Waals surface area contributed by atoms with Gasteiger partial charge in [-0.05, 0) is 29.3 Å². The molecule has 0 fully saturated rings. The number of carbonyl (C=O) groups excluding carboxylic acids is 1. The molecule has 4 nitrogen and oxygen atoms in total. The zero-order valence-electron chi connectivity index (χ0n) is 11.7. The highest BCUT2D eigenvalue weighted by Gasteiger charge is 2.20. The Morgan fingerprint density at radius 3 is 2.71 bits per heavy atom. The molecule has 0 heterocycles. The van der Waals surface area contributed by atoms with Crippen molar-refractivity contribution in [1.29, 1.82) is 0 Å². The van der Waals surface area contributed by atoms with Gasteiger partial charge < -0.3 is 15.8 Å². The molecule has 1 amide bonds. The van der Waals surface area contributed by atoms with Crippen molar-refractivity contribution in [3.63, 3.8) is 0 Å². The lowest BCUT2D eigenvalue weighted by Crippen LogP contribution is -2.28. The van der Waals surface area contributed by atoms with Gasteiger partial charge in [0.1, 0.15) is 11.9 Å². The molecular formula is C16H17FN2O2. The standard InChI is InChI=1S/C16H17FN2O2/c1-21-10-11-5-2-3-8-14(11)15(16(18)20)19-13-7-4-6-12(17)9-13/h2-9,15,19H,10H2,1H3,(H2,18,20). The number of methoxy groups -OCH3 is 1. The average Bonchev–Trinajstić information content (AvgIpc) is 2.46. The summed E-state index contributed by atoms with van der Waals surface area (Å²) in [4.78, 5) is 11.8. The second-order valence-electron chi connectivity index (χ2n) is 4.62. The molecule has 2 aromatic rings. The Kier molecular flexibility index (Phi) is 4.90. The van der Waals surface area contributed by atoms with E-state index in [1.54, 1.807) is 25.3 Å². The van der Waals surface area contributed by atoms with E-state index in [0.717, 1.165) is 11.1 Å². The topological polar surface area (TPSA) is 64.3 Å². The summed E-state index contributed by atoms with van der Waals surface area (Å²) in [5.41, 5.74) is 7.55. The van der Waals surface area contributed by atoms with E-state index in [2.05, 4.69) is 5.32 Å². The van der Waals surface area contributed by atoms with Crippen LogP contribution in [0.1, 0.15) is 17.2 Å². The number of primary amides is 1. The predicted octanol–water partition coefficient (Wildman–Crippen LogP) is 2.61.